The van der Waals surface area contributed by atoms with Gasteiger partial charge >= 0.3 is 0 Å². The van der Waals surface area contributed by atoms with Gasteiger partial charge in [-0.3, -0.25) is 0 Å². The molecule has 1 nitrogen and oxygen atoms in total. The molecule has 0 heterocycles. The third kappa shape index (κ3) is 2.68. The normalized spacial score (nSPS) is 10.4. The summed E-state index contributed by atoms with van der Waals surface area (Å²) in [4.78, 5) is 1.99. The summed E-state index contributed by atoms with van der Waals surface area (Å²) >= 11 is 9.61. The highest BCUT2D eigenvalue weighted by Crippen LogP contribution is 2.32. The number of anilines is 2. The second-order valence-electron chi connectivity index (χ2n) is 3.91. The van der Waals surface area contributed by atoms with E-state index < -0.39 is 0 Å². The lowest BCUT2D eigenvalue weighted by Gasteiger charge is -2.22. The van der Waals surface area contributed by atoms with Crippen LogP contribution in [-0.2, 0) is 5.33 Å². The zero-order chi connectivity index (χ0) is 13.1. The summed E-state index contributed by atoms with van der Waals surface area (Å²) < 4.78 is 12.9. The molecule has 0 fully saturated rings. The molecule has 0 saturated carbocycles. The Bertz CT molecular complexity index is 542. The molecule has 2 aromatic rings. The van der Waals surface area contributed by atoms with E-state index in [-0.39, 0.29) is 5.82 Å². The van der Waals surface area contributed by atoms with Gasteiger partial charge in [-0.05, 0) is 36.4 Å². The van der Waals surface area contributed by atoms with Crippen molar-refractivity contribution in [3.05, 3.63) is 58.9 Å². The van der Waals surface area contributed by atoms with E-state index in [0.717, 1.165) is 22.0 Å². The van der Waals surface area contributed by atoms with E-state index in [1.54, 1.807) is 12.1 Å². The maximum Gasteiger partial charge on any atom is 0.123 e. The van der Waals surface area contributed by atoms with Crippen molar-refractivity contribution in [1.29, 1.82) is 0 Å². The van der Waals surface area contributed by atoms with E-state index in [0.29, 0.717) is 5.33 Å². The Balaban J connectivity index is 2.42. The molecule has 94 valence electrons. The van der Waals surface area contributed by atoms with Gasteiger partial charge in [-0.25, -0.2) is 4.39 Å². The first-order chi connectivity index (χ1) is 8.63. The zero-order valence-corrected chi connectivity index (χ0v) is 12.2. The average Bonchev–Trinajstić information content (AvgIpc) is 2.38. The SMILES string of the molecule is CN(c1ccc(F)cc1)c1cccc(Cl)c1CBr. The molecule has 0 aliphatic carbocycles. The minimum absolute atomic E-state index is 0.237. The van der Waals surface area contributed by atoms with Crippen LogP contribution in [0.1, 0.15) is 5.56 Å². The van der Waals surface area contributed by atoms with Gasteiger partial charge in [0, 0.05) is 34.3 Å². The standard InChI is InChI=1S/C14H12BrClFN/c1-18(11-7-5-10(17)6-8-11)14-4-2-3-13(16)12(14)9-15/h2-8H,9H2,1H3. The third-order valence-corrected chi connectivity index (χ3v) is 3.72. The van der Waals surface area contributed by atoms with Gasteiger partial charge in [0.15, 0.2) is 0 Å². The second-order valence-corrected chi connectivity index (χ2v) is 4.87. The van der Waals surface area contributed by atoms with Gasteiger partial charge in [-0.1, -0.05) is 33.6 Å². The summed E-state index contributed by atoms with van der Waals surface area (Å²) in [6.45, 7) is 0. The zero-order valence-electron chi connectivity index (χ0n) is 9.83. The van der Waals surface area contributed by atoms with E-state index in [2.05, 4.69) is 15.9 Å². The van der Waals surface area contributed by atoms with Crippen LogP contribution < -0.4 is 4.90 Å². The smallest absolute Gasteiger partial charge is 0.123 e. The number of halogens is 3. The molecule has 2 aromatic carbocycles. The Hall–Kier alpha value is -1.06. The molecule has 0 saturated heterocycles. The predicted molar refractivity (Wildman–Crippen MR) is 78.5 cm³/mol. The highest BCUT2D eigenvalue weighted by molar-refractivity contribution is 9.08. The lowest BCUT2D eigenvalue weighted by molar-refractivity contribution is 0.628. The second kappa shape index (κ2) is 5.72. The van der Waals surface area contributed by atoms with Crippen molar-refractivity contribution in [2.24, 2.45) is 0 Å². The molecule has 0 N–H and O–H groups in total. The first-order valence-corrected chi connectivity index (χ1v) is 6.96. The van der Waals surface area contributed by atoms with Crippen LogP contribution in [0.2, 0.25) is 5.02 Å². The Morgan fingerprint density at radius 2 is 1.83 bits per heavy atom. The summed E-state index contributed by atoms with van der Waals surface area (Å²) in [5.41, 5.74) is 2.94. The quantitative estimate of drug-likeness (QED) is 0.705. The summed E-state index contributed by atoms with van der Waals surface area (Å²) in [6.07, 6.45) is 0. The van der Waals surface area contributed by atoms with Gasteiger partial charge in [0.2, 0.25) is 0 Å². The molecule has 0 unspecified atom stereocenters. The van der Waals surface area contributed by atoms with E-state index in [1.165, 1.54) is 12.1 Å². The molecule has 0 amide bonds. The molecule has 0 atom stereocenters. The Labute approximate surface area is 119 Å². The predicted octanol–water partition coefficient (Wildman–Crippen LogP) is 5.14. The topological polar surface area (TPSA) is 3.24 Å². The number of rotatable bonds is 3. The van der Waals surface area contributed by atoms with Crippen LogP contribution in [-0.4, -0.2) is 7.05 Å². The van der Waals surface area contributed by atoms with Gasteiger partial charge in [0.25, 0.3) is 0 Å². The summed E-state index contributed by atoms with van der Waals surface area (Å²) in [5.74, 6) is -0.237. The molecule has 0 aromatic heterocycles. The van der Waals surface area contributed by atoms with E-state index in [4.69, 9.17) is 11.6 Å². The van der Waals surface area contributed by atoms with E-state index in [1.807, 2.05) is 30.1 Å². The van der Waals surface area contributed by atoms with Crippen molar-refractivity contribution in [3.63, 3.8) is 0 Å². The molecule has 0 aliphatic rings. The molecule has 0 aliphatic heterocycles. The van der Waals surface area contributed by atoms with Gasteiger partial charge in [0.1, 0.15) is 5.82 Å². The summed E-state index contributed by atoms with van der Waals surface area (Å²) in [5, 5.41) is 1.39. The number of nitrogens with zero attached hydrogens (tertiary/aromatic N) is 1. The number of hydrogen-bond donors (Lipinski definition) is 0. The molecule has 0 radical (unpaired) electrons. The Kier molecular flexibility index (Phi) is 4.25. The van der Waals surface area contributed by atoms with Crippen molar-refractivity contribution < 1.29 is 4.39 Å². The van der Waals surface area contributed by atoms with Crippen LogP contribution in [0.25, 0.3) is 0 Å². The minimum Gasteiger partial charge on any atom is -0.344 e. The van der Waals surface area contributed by atoms with Crippen LogP contribution >= 0.6 is 27.5 Å². The number of benzene rings is 2. The van der Waals surface area contributed by atoms with Crippen LogP contribution in [0.5, 0.6) is 0 Å². The maximum absolute atomic E-state index is 12.9. The van der Waals surface area contributed by atoms with Gasteiger partial charge in [-0.15, -0.1) is 0 Å². The average molecular weight is 329 g/mol. The molecule has 0 bridgehead atoms. The van der Waals surface area contributed by atoms with Gasteiger partial charge < -0.3 is 4.90 Å². The fraction of sp³-hybridized carbons (Fsp3) is 0.143. The van der Waals surface area contributed by atoms with Crippen molar-refractivity contribution >= 4 is 38.9 Å². The summed E-state index contributed by atoms with van der Waals surface area (Å²) in [6, 6.07) is 12.1. The number of hydrogen-bond acceptors (Lipinski definition) is 1. The van der Waals surface area contributed by atoms with Gasteiger partial charge in [-0.2, -0.15) is 0 Å². The van der Waals surface area contributed by atoms with Crippen LogP contribution in [0.15, 0.2) is 42.5 Å². The molecule has 4 heteroatoms. The van der Waals surface area contributed by atoms with Crippen molar-refractivity contribution in [2.75, 3.05) is 11.9 Å². The van der Waals surface area contributed by atoms with E-state index >= 15 is 0 Å². The van der Waals surface area contributed by atoms with Crippen LogP contribution in [0.3, 0.4) is 0 Å². The maximum atomic E-state index is 12.9. The molecule has 2 rings (SSSR count). The first kappa shape index (κ1) is 13.4. The minimum atomic E-state index is -0.237. The highest BCUT2D eigenvalue weighted by atomic mass is 79.9. The molecular weight excluding hydrogens is 317 g/mol. The molecular formula is C14H12BrClFN. The highest BCUT2D eigenvalue weighted by Gasteiger charge is 2.11. The fourth-order valence-electron chi connectivity index (χ4n) is 1.80. The first-order valence-electron chi connectivity index (χ1n) is 5.46. The molecule has 0 spiro atoms. The Morgan fingerprint density at radius 1 is 1.17 bits per heavy atom. The van der Waals surface area contributed by atoms with Crippen molar-refractivity contribution in [1.82, 2.24) is 0 Å². The lowest BCUT2D eigenvalue weighted by Crippen LogP contribution is -2.11. The van der Waals surface area contributed by atoms with Gasteiger partial charge in [0.05, 0.1) is 0 Å². The monoisotopic (exact) mass is 327 g/mol. The van der Waals surface area contributed by atoms with Crippen LogP contribution in [0, 0.1) is 5.82 Å². The van der Waals surface area contributed by atoms with E-state index in [9.17, 15) is 4.39 Å². The molecule has 18 heavy (non-hydrogen) atoms. The number of alkyl halides is 1. The van der Waals surface area contributed by atoms with Crippen LogP contribution in [0.4, 0.5) is 15.8 Å². The lowest BCUT2D eigenvalue weighted by atomic mass is 10.1. The van der Waals surface area contributed by atoms with Crippen molar-refractivity contribution in [2.45, 2.75) is 5.33 Å². The largest absolute Gasteiger partial charge is 0.344 e. The fourth-order valence-corrected chi connectivity index (χ4v) is 2.78. The Morgan fingerprint density at radius 3 is 2.44 bits per heavy atom. The van der Waals surface area contributed by atoms with Crippen molar-refractivity contribution in [3.8, 4) is 0 Å². The third-order valence-electron chi connectivity index (χ3n) is 2.80. The summed E-state index contributed by atoms with van der Waals surface area (Å²) in [7, 11) is 1.94.